The second-order valence-corrected chi connectivity index (χ2v) is 17.0. The number of carbonyl (C=O) groups is 4. The van der Waals surface area contributed by atoms with Crippen LogP contribution >= 0.6 is 20.3 Å². The molecule has 1 aromatic heterocycles. The maximum absolute atomic E-state index is 11.3. The first kappa shape index (κ1) is 47.1. The molecule has 9 atom stereocenters. The zero-order valence-corrected chi connectivity index (χ0v) is 42.4. The van der Waals surface area contributed by atoms with Crippen LogP contribution in [0.3, 0.4) is 0 Å². The van der Waals surface area contributed by atoms with E-state index in [9.17, 15) is 44.4 Å². The molecule has 1 aromatic rings. The fourth-order valence-corrected chi connectivity index (χ4v) is 5.21. The molecule has 0 saturated carbocycles. The minimum Gasteiger partial charge on any atom is -1.00 e. The average Bonchev–Trinajstić information content (AvgIpc) is 3.29. The number of pyridine rings is 1. The van der Waals surface area contributed by atoms with Crippen LogP contribution in [0.2, 0.25) is 0 Å². The Morgan fingerprint density at radius 1 is 0.723 bits per heavy atom. The molecule has 4 fully saturated rings. The van der Waals surface area contributed by atoms with E-state index in [1.165, 1.54) is 27.7 Å². The number of hydrogen-bond acceptors (Lipinski definition) is 24. The minimum atomic E-state index is -4.97. The second kappa shape index (κ2) is 27.6. The summed E-state index contributed by atoms with van der Waals surface area (Å²) < 4.78 is 201. The molecule has 0 radical (unpaired) electrons. The zero-order chi connectivity index (χ0) is 61.2. The van der Waals surface area contributed by atoms with Crippen molar-refractivity contribution in [2.24, 2.45) is 23.5 Å². The van der Waals surface area contributed by atoms with E-state index in [-0.39, 0.29) is 68.0 Å². The molecule has 36 heteroatoms. The third kappa shape index (κ3) is 21.3. The quantitative estimate of drug-likeness (QED) is 0.0199. The summed E-state index contributed by atoms with van der Waals surface area (Å²) >= 11 is 0.929. The average molecular weight is 1080 g/mol. The number of nitrogens with zero attached hydrogens (tertiary/aromatic N) is 5. The summed E-state index contributed by atoms with van der Waals surface area (Å²) in [5, 5.41) is 27.3. The third-order valence-corrected chi connectivity index (χ3v) is 9.61. The van der Waals surface area contributed by atoms with E-state index >= 15 is 0 Å². The van der Waals surface area contributed by atoms with Crippen LogP contribution in [-0.2, 0) is 81.8 Å². The number of carbonyl (C=O) groups excluding carboxylic acids is 4. The molecular formula is C29H54KN6O24PS4. The summed E-state index contributed by atoms with van der Waals surface area (Å²) in [5.74, 6) is -5.66. The van der Waals surface area contributed by atoms with Crippen molar-refractivity contribution in [1.82, 2.24) is 25.2 Å². The van der Waals surface area contributed by atoms with Crippen LogP contribution in [0, 0.1) is 17.8 Å². The van der Waals surface area contributed by atoms with Crippen LogP contribution in [0.15, 0.2) is 30.6 Å². The van der Waals surface area contributed by atoms with Gasteiger partial charge in [0, 0.05) is 51.8 Å². The Labute approximate surface area is 441 Å². The molecule has 4 saturated heterocycles. The van der Waals surface area contributed by atoms with E-state index in [1.54, 1.807) is 18.6 Å². The Hall–Kier alpha value is -1.59. The van der Waals surface area contributed by atoms with Crippen molar-refractivity contribution in [3.05, 3.63) is 30.6 Å². The molecule has 8 N–H and O–H groups in total. The summed E-state index contributed by atoms with van der Waals surface area (Å²) in [6.07, 6.45) is 5.12. The van der Waals surface area contributed by atoms with Crippen molar-refractivity contribution in [1.29, 1.82) is 0 Å². The van der Waals surface area contributed by atoms with Crippen molar-refractivity contribution in [2.45, 2.75) is 104 Å². The first-order valence-corrected chi connectivity index (χ1v) is 22.6. The number of amides is 4. The smallest absolute Gasteiger partial charge is 1.00 e. The first-order valence-electron chi connectivity index (χ1n) is 22.3. The van der Waals surface area contributed by atoms with E-state index in [0.29, 0.717) is 5.06 Å². The van der Waals surface area contributed by atoms with Gasteiger partial charge >= 0.3 is 90.8 Å². The van der Waals surface area contributed by atoms with E-state index in [1.807, 2.05) is 18.2 Å². The van der Waals surface area contributed by atoms with Gasteiger partial charge in [-0.05, 0) is 71.8 Å². The Balaban J connectivity index is -0.000000425. The number of aromatic nitrogens is 1. The van der Waals surface area contributed by atoms with Gasteiger partial charge in [-0.1, -0.05) is 31.9 Å². The van der Waals surface area contributed by atoms with Crippen molar-refractivity contribution in [3.8, 4) is 0 Å². The fourth-order valence-electron chi connectivity index (χ4n) is 3.90. The predicted octanol–water partition coefficient (Wildman–Crippen LogP) is -2.37. The number of nitrogens with two attached hydrogens (primary N) is 1. The van der Waals surface area contributed by atoms with Gasteiger partial charge < -0.3 is 12.1 Å². The molecule has 65 heavy (non-hydrogen) atoms. The van der Waals surface area contributed by atoms with Crippen LogP contribution in [0.1, 0.15) is 93.7 Å². The van der Waals surface area contributed by atoms with E-state index < -0.39 is 136 Å². The standard InChI is InChI=1S/2C6H11NO5S.C6H11NO2.C5H10N2O5S.C5H5N.CH4O3S.K.HO4P.H/c2*1-4-5(8)7(6(4,2)3)12-13(9,10)11;1-4-5(8)7(9)6(4,2)3;1-5(2)3(6)4(8)7(5)12-13(9,10)11;1-2-4-6-5-3-1;1-5-4-3-2;;1-4-5(2)3;/h2*4H,1-3H3,(H,9,10,11);4,9H,1-3H3;3H,6H2,1-2H3,(H,9,10,11);1-5H;2H,1H3;;1H;/q;;;;;;+1;;-1/t3*4-;3-;;;;;/m1111...../s1/i3*2D3;1D3;;;;;/t3*4-,6-;3-,5-;;;;;. The van der Waals surface area contributed by atoms with Crippen molar-refractivity contribution < 1.29 is 179 Å². The van der Waals surface area contributed by atoms with Crippen LogP contribution in [-0.4, -0.2) is 138 Å². The summed E-state index contributed by atoms with van der Waals surface area (Å²) in [4.78, 5) is 57.3. The number of rotatable bonds is 9. The summed E-state index contributed by atoms with van der Waals surface area (Å²) in [7, 11) is -17.8. The van der Waals surface area contributed by atoms with E-state index in [0.717, 1.165) is 32.8 Å². The Morgan fingerprint density at radius 3 is 1.23 bits per heavy atom. The Bertz CT molecular complexity index is 2290. The molecule has 0 spiro atoms. The Morgan fingerprint density at radius 2 is 1.05 bits per heavy atom. The Kier molecular flexibility index (Phi) is 20.0. The topological polar surface area (TPSA) is 439 Å². The molecule has 1 unspecified atom stereocenters. The van der Waals surface area contributed by atoms with Gasteiger partial charge in [0.15, 0.2) is 0 Å². The fraction of sp³-hybridized carbons (Fsp3) is 0.690. The molecule has 0 aliphatic carbocycles. The van der Waals surface area contributed by atoms with E-state index in [4.69, 9.17) is 61.0 Å². The summed E-state index contributed by atoms with van der Waals surface area (Å²) in [6.45, 7) is -1.41. The molecule has 5 rings (SSSR count). The number of hydrogen-bond donors (Lipinski definition) is 7. The van der Waals surface area contributed by atoms with Crippen LogP contribution in [0.5, 0.6) is 0 Å². The molecule has 4 aliphatic rings. The molecule has 5 heterocycles. The number of hydroxylamine groups is 8. The van der Waals surface area contributed by atoms with Crippen LogP contribution in [0.4, 0.5) is 0 Å². The molecule has 374 valence electrons. The van der Waals surface area contributed by atoms with Crippen molar-refractivity contribution >= 4 is 75.1 Å². The predicted molar refractivity (Wildman–Crippen MR) is 214 cm³/mol. The number of β-lactam (4-membered cyclic amide) rings is 4. The van der Waals surface area contributed by atoms with Crippen molar-refractivity contribution in [3.63, 3.8) is 0 Å². The zero-order valence-electron chi connectivity index (χ0n) is 48.1. The molecule has 0 aromatic carbocycles. The maximum Gasteiger partial charge on any atom is 1.00 e. The minimum absolute atomic E-state index is 0. The van der Waals surface area contributed by atoms with Gasteiger partial charge in [0.2, 0.25) is 0 Å². The third-order valence-electron chi connectivity index (χ3n) is 8.27. The summed E-state index contributed by atoms with van der Waals surface area (Å²) in [6, 6.07) is 4.30. The van der Waals surface area contributed by atoms with Gasteiger partial charge in [0.1, 0.15) is 6.04 Å². The molecular weight excluding hydrogens is 1010 g/mol. The van der Waals surface area contributed by atoms with Gasteiger partial charge in [0.05, 0.1) is 39.9 Å². The van der Waals surface area contributed by atoms with Gasteiger partial charge in [-0.2, -0.15) is 40.4 Å². The monoisotopic (exact) mass is 1080 g/mol. The molecule has 30 nitrogen and oxygen atoms in total. The largest absolute Gasteiger partial charge is 1.00 e. The maximum atomic E-state index is 11.3. The van der Waals surface area contributed by atoms with Crippen molar-refractivity contribution in [2.75, 3.05) is 6.26 Å². The van der Waals surface area contributed by atoms with Crippen LogP contribution in [0.25, 0.3) is 0 Å². The SMILES string of the molecule is CSOOO.O=[P+]([O-])OO.[2H]C([2H])([2H])[C@@]1(C)[C@H](C)C(=O)N1O.[2H]C([2H])([2H])[C@@]1(C)[C@H](C)C(=O)N1OS(=O)(=O)O.[2H]C([2H])([2H])[C@@]1(C)[C@H](C)C(=O)N1OS(=O)(=O)O.[2H]C([2H])([2H])[C@@]1(C)[C@H](N)C(=O)N1OS(=O)(=O)O.[H-].[K+].c1ccncc1. The first-order chi connectivity index (χ1) is 33.6. The molecule has 4 aliphatic heterocycles. The van der Waals surface area contributed by atoms with Gasteiger partial charge in [-0.15, -0.1) is 17.2 Å². The molecule has 4 amide bonds. The second-order valence-electron chi connectivity index (χ2n) is 12.9. The molecule has 0 bridgehead atoms. The van der Waals surface area contributed by atoms with Gasteiger partial charge in [-0.25, -0.2) is 15.6 Å². The van der Waals surface area contributed by atoms with Gasteiger partial charge in [0.25, 0.3) is 23.6 Å². The normalized spacial score (nSPS) is 32.5. The van der Waals surface area contributed by atoms with Gasteiger partial charge in [-0.3, -0.25) is 43.0 Å². The van der Waals surface area contributed by atoms with Crippen LogP contribution < -0.4 is 62.0 Å². The van der Waals surface area contributed by atoms with E-state index in [2.05, 4.69) is 31.9 Å². The summed E-state index contributed by atoms with van der Waals surface area (Å²) in [5.41, 5.74) is -1.64.